The van der Waals surface area contributed by atoms with Crippen molar-refractivity contribution in [3.63, 3.8) is 0 Å². The lowest BCUT2D eigenvalue weighted by Gasteiger charge is -2.14. The lowest BCUT2D eigenvalue weighted by atomic mass is 9.97. The van der Waals surface area contributed by atoms with Crippen molar-refractivity contribution in [1.82, 2.24) is 0 Å². The summed E-state index contributed by atoms with van der Waals surface area (Å²) in [6.45, 7) is 4.42. The summed E-state index contributed by atoms with van der Waals surface area (Å²) in [5.74, 6) is 0. The Morgan fingerprint density at radius 2 is 1.47 bits per heavy atom. The van der Waals surface area contributed by atoms with Crippen molar-refractivity contribution in [3.8, 4) is 0 Å². The Labute approximate surface area is 128 Å². The van der Waals surface area contributed by atoms with Crippen molar-refractivity contribution < 1.29 is 0 Å². The molecule has 0 spiro atoms. The van der Waals surface area contributed by atoms with E-state index >= 15 is 0 Å². The van der Waals surface area contributed by atoms with Crippen molar-refractivity contribution in [3.05, 3.63) is 69.7 Å². The maximum Gasteiger partial charge on any atom is 0.0644 e. The van der Waals surface area contributed by atoms with Gasteiger partial charge in [-0.3, -0.25) is 0 Å². The molecule has 100 valence electrons. The van der Waals surface area contributed by atoms with E-state index in [1.54, 1.807) is 0 Å². The van der Waals surface area contributed by atoms with E-state index < -0.39 is 0 Å². The molecule has 0 amide bonds. The highest BCUT2D eigenvalue weighted by molar-refractivity contribution is 9.09. The van der Waals surface area contributed by atoms with Gasteiger partial charge in [-0.2, -0.15) is 0 Å². The lowest BCUT2D eigenvalue weighted by Crippen LogP contribution is -1.97. The van der Waals surface area contributed by atoms with E-state index in [-0.39, 0.29) is 4.83 Å². The number of benzene rings is 2. The molecule has 2 heteroatoms. The van der Waals surface area contributed by atoms with Crippen LogP contribution in [0.2, 0.25) is 5.02 Å². The summed E-state index contributed by atoms with van der Waals surface area (Å²) in [5.41, 5.74) is 5.42. The quantitative estimate of drug-likeness (QED) is 0.605. The molecule has 0 radical (unpaired) electrons. The second-order valence-electron chi connectivity index (χ2n) is 4.65. The van der Waals surface area contributed by atoms with Gasteiger partial charge in [-0.05, 0) is 47.2 Å². The standard InChI is InChI=1S/C17H18BrCl/c1-3-12-5-6-15(11-13(12)4-2)17(18)14-7-9-16(19)10-8-14/h5-11,17H,3-4H2,1-2H3. The van der Waals surface area contributed by atoms with Crippen LogP contribution in [0.5, 0.6) is 0 Å². The van der Waals surface area contributed by atoms with E-state index in [0.29, 0.717) is 0 Å². The summed E-state index contributed by atoms with van der Waals surface area (Å²) in [6.07, 6.45) is 2.18. The van der Waals surface area contributed by atoms with Crippen molar-refractivity contribution in [2.75, 3.05) is 0 Å². The molecular weight excluding hydrogens is 320 g/mol. The second-order valence-corrected chi connectivity index (χ2v) is 6.00. The first-order chi connectivity index (χ1) is 9.15. The normalized spacial score (nSPS) is 12.4. The zero-order chi connectivity index (χ0) is 13.8. The number of rotatable bonds is 4. The third kappa shape index (κ3) is 3.40. The highest BCUT2D eigenvalue weighted by Gasteiger charge is 2.11. The molecule has 0 fully saturated rings. The first kappa shape index (κ1) is 14.6. The molecule has 1 unspecified atom stereocenters. The maximum absolute atomic E-state index is 5.93. The Bertz CT molecular complexity index is 546. The number of hydrogen-bond acceptors (Lipinski definition) is 0. The molecule has 0 nitrogen and oxygen atoms in total. The van der Waals surface area contributed by atoms with Crippen LogP contribution in [-0.2, 0) is 12.8 Å². The average Bonchev–Trinajstić information content (AvgIpc) is 2.46. The molecule has 1 atom stereocenters. The Morgan fingerprint density at radius 1 is 0.895 bits per heavy atom. The van der Waals surface area contributed by atoms with Crippen LogP contribution in [0, 0.1) is 0 Å². The van der Waals surface area contributed by atoms with Gasteiger partial charge in [0.05, 0.1) is 4.83 Å². The van der Waals surface area contributed by atoms with Gasteiger partial charge in [-0.1, -0.05) is 71.7 Å². The van der Waals surface area contributed by atoms with Crippen LogP contribution >= 0.6 is 27.5 Å². The molecule has 0 aliphatic carbocycles. The summed E-state index contributed by atoms with van der Waals surface area (Å²) in [5, 5.41) is 0.777. The third-order valence-corrected chi connectivity index (χ3v) is 4.76. The molecule has 0 saturated heterocycles. The van der Waals surface area contributed by atoms with Gasteiger partial charge in [-0.15, -0.1) is 0 Å². The molecule has 0 saturated carbocycles. The minimum absolute atomic E-state index is 0.223. The fraction of sp³-hybridized carbons (Fsp3) is 0.294. The Morgan fingerprint density at radius 3 is 2.05 bits per heavy atom. The Kier molecular flexibility index (Phi) is 5.06. The van der Waals surface area contributed by atoms with Gasteiger partial charge in [0, 0.05) is 5.02 Å². The summed E-state index contributed by atoms with van der Waals surface area (Å²) in [6, 6.07) is 14.8. The molecule has 0 bridgehead atoms. The van der Waals surface area contributed by atoms with E-state index in [4.69, 9.17) is 11.6 Å². The molecular formula is C17H18BrCl. The number of halogens is 2. The van der Waals surface area contributed by atoms with Crippen molar-refractivity contribution in [2.45, 2.75) is 31.5 Å². The van der Waals surface area contributed by atoms with E-state index in [1.165, 1.54) is 22.3 Å². The average molecular weight is 338 g/mol. The molecule has 0 aliphatic heterocycles. The molecule has 0 aromatic heterocycles. The van der Waals surface area contributed by atoms with Crippen LogP contribution < -0.4 is 0 Å². The Hall–Kier alpha value is -0.790. The summed E-state index contributed by atoms with van der Waals surface area (Å²) >= 11 is 9.72. The van der Waals surface area contributed by atoms with Gasteiger partial charge in [0.25, 0.3) is 0 Å². The zero-order valence-corrected chi connectivity index (χ0v) is 13.6. The lowest BCUT2D eigenvalue weighted by molar-refractivity contribution is 1.02. The molecule has 0 N–H and O–H groups in total. The van der Waals surface area contributed by atoms with Crippen LogP contribution in [0.1, 0.15) is 40.9 Å². The van der Waals surface area contributed by atoms with Gasteiger partial charge in [0.1, 0.15) is 0 Å². The summed E-state index contributed by atoms with van der Waals surface area (Å²) in [7, 11) is 0. The van der Waals surface area contributed by atoms with Crippen molar-refractivity contribution in [2.24, 2.45) is 0 Å². The Balaban J connectivity index is 2.33. The van der Waals surface area contributed by atoms with Crippen LogP contribution in [0.4, 0.5) is 0 Å². The van der Waals surface area contributed by atoms with Crippen molar-refractivity contribution in [1.29, 1.82) is 0 Å². The van der Waals surface area contributed by atoms with Gasteiger partial charge in [-0.25, -0.2) is 0 Å². The molecule has 0 heterocycles. The minimum atomic E-state index is 0.223. The third-order valence-electron chi connectivity index (χ3n) is 3.45. The van der Waals surface area contributed by atoms with Crippen molar-refractivity contribution >= 4 is 27.5 Å². The summed E-state index contributed by atoms with van der Waals surface area (Å²) in [4.78, 5) is 0.223. The molecule has 0 aliphatic rings. The van der Waals surface area contributed by atoms with E-state index in [9.17, 15) is 0 Å². The summed E-state index contributed by atoms with van der Waals surface area (Å²) < 4.78 is 0. The van der Waals surface area contributed by atoms with Crippen LogP contribution in [-0.4, -0.2) is 0 Å². The van der Waals surface area contributed by atoms with Crippen LogP contribution in [0.15, 0.2) is 42.5 Å². The van der Waals surface area contributed by atoms with E-state index in [0.717, 1.165) is 17.9 Å². The second kappa shape index (κ2) is 6.58. The molecule has 2 rings (SSSR count). The SMILES string of the molecule is CCc1ccc(C(Br)c2ccc(Cl)cc2)cc1CC. The molecule has 2 aromatic rings. The zero-order valence-electron chi connectivity index (χ0n) is 11.3. The fourth-order valence-electron chi connectivity index (χ4n) is 2.30. The highest BCUT2D eigenvalue weighted by atomic mass is 79.9. The minimum Gasteiger partial charge on any atom is -0.0843 e. The predicted octanol–water partition coefficient (Wildman–Crippen LogP) is 5.95. The van der Waals surface area contributed by atoms with Gasteiger partial charge in [0.15, 0.2) is 0 Å². The smallest absolute Gasteiger partial charge is 0.0644 e. The molecule has 19 heavy (non-hydrogen) atoms. The first-order valence-corrected chi connectivity index (χ1v) is 7.96. The number of aryl methyl sites for hydroxylation is 2. The highest BCUT2D eigenvalue weighted by Crippen LogP contribution is 2.32. The van der Waals surface area contributed by atoms with Gasteiger partial charge < -0.3 is 0 Å². The monoisotopic (exact) mass is 336 g/mol. The van der Waals surface area contributed by atoms with Gasteiger partial charge in [0.2, 0.25) is 0 Å². The largest absolute Gasteiger partial charge is 0.0843 e. The number of alkyl halides is 1. The van der Waals surface area contributed by atoms with Crippen LogP contribution in [0.3, 0.4) is 0 Å². The predicted molar refractivity (Wildman–Crippen MR) is 87.4 cm³/mol. The topological polar surface area (TPSA) is 0 Å². The van der Waals surface area contributed by atoms with Gasteiger partial charge >= 0.3 is 0 Å². The van der Waals surface area contributed by atoms with E-state index in [2.05, 4.69) is 60.1 Å². The van der Waals surface area contributed by atoms with E-state index in [1.807, 2.05) is 12.1 Å². The first-order valence-electron chi connectivity index (χ1n) is 6.67. The molecule has 2 aromatic carbocycles. The maximum atomic E-state index is 5.93. The fourth-order valence-corrected chi connectivity index (χ4v) is 3.02. The van der Waals surface area contributed by atoms with Crippen LogP contribution in [0.25, 0.3) is 0 Å². The number of hydrogen-bond donors (Lipinski definition) is 0.